The van der Waals surface area contributed by atoms with Gasteiger partial charge in [-0.05, 0) is 23.1 Å². The molecule has 0 bridgehead atoms. The summed E-state index contributed by atoms with van der Waals surface area (Å²) in [6, 6.07) is 7.72. The smallest absolute Gasteiger partial charge is 0.397 e. The predicted molar refractivity (Wildman–Crippen MR) is 68.5 cm³/mol. The van der Waals surface area contributed by atoms with E-state index in [2.05, 4.69) is 25.5 Å². The first kappa shape index (κ1) is 12.6. The summed E-state index contributed by atoms with van der Waals surface area (Å²) in [7, 11) is 0. The lowest BCUT2D eigenvalue weighted by Gasteiger charge is -2.26. The summed E-state index contributed by atoms with van der Waals surface area (Å²) in [5.41, 5.74) is 2.01. The maximum atomic E-state index is 11.7. The zero-order valence-corrected chi connectivity index (χ0v) is 10.9. The number of hydrogen-bond donors (Lipinski definition) is 0. The molecule has 2 rings (SSSR count). The summed E-state index contributed by atoms with van der Waals surface area (Å²) in [4.78, 5) is 24.3. The zero-order valence-electron chi connectivity index (χ0n) is 10.9. The molecule has 0 unspecified atom stereocenters. The van der Waals surface area contributed by atoms with E-state index in [9.17, 15) is 9.59 Å². The first-order chi connectivity index (χ1) is 8.39. The van der Waals surface area contributed by atoms with Crippen molar-refractivity contribution in [3.05, 3.63) is 29.8 Å². The van der Waals surface area contributed by atoms with E-state index in [0.717, 1.165) is 5.69 Å². The zero-order chi connectivity index (χ0) is 13.3. The molecule has 1 aromatic rings. The number of amides is 1. The number of nitrogens with zero attached hydrogens (tertiary/aromatic N) is 1. The maximum Gasteiger partial charge on any atom is 0.397 e. The van der Waals surface area contributed by atoms with Crippen LogP contribution in [0.25, 0.3) is 0 Å². The third kappa shape index (κ3) is 2.37. The van der Waals surface area contributed by atoms with Gasteiger partial charge in [0.25, 0.3) is 0 Å². The van der Waals surface area contributed by atoms with Crippen LogP contribution >= 0.6 is 0 Å². The van der Waals surface area contributed by atoms with Crippen molar-refractivity contribution >= 4 is 17.6 Å². The molecule has 18 heavy (non-hydrogen) atoms. The van der Waals surface area contributed by atoms with Gasteiger partial charge in [-0.25, -0.2) is 4.79 Å². The molecular formula is C14H17NO3. The Morgan fingerprint density at radius 2 is 1.72 bits per heavy atom. The highest BCUT2D eigenvalue weighted by atomic mass is 16.5. The van der Waals surface area contributed by atoms with Gasteiger partial charge in [-0.2, -0.15) is 0 Å². The average Bonchev–Trinajstić information content (AvgIpc) is 2.32. The Labute approximate surface area is 107 Å². The molecule has 4 nitrogen and oxygen atoms in total. The summed E-state index contributed by atoms with van der Waals surface area (Å²) in [5.74, 6) is -1.37. The van der Waals surface area contributed by atoms with Gasteiger partial charge in [-0.3, -0.25) is 9.69 Å². The normalized spacial score (nSPS) is 16.7. The Morgan fingerprint density at radius 3 is 2.28 bits per heavy atom. The SMILES string of the molecule is CC(C)(C)c1ccc(N2CCOC(=O)C2=O)cc1. The van der Waals surface area contributed by atoms with E-state index >= 15 is 0 Å². The number of morpholine rings is 1. The molecule has 0 aromatic heterocycles. The molecule has 0 aliphatic carbocycles. The summed E-state index contributed by atoms with van der Waals surface area (Å²) in [6.45, 7) is 7.06. The number of hydrogen-bond acceptors (Lipinski definition) is 3. The number of rotatable bonds is 1. The molecule has 0 saturated carbocycles. The van der Waals surface area contributed by atoms with Crippen molar-refractivity contribution in [1.29, 1.82) is 0 Å². The van der Waals surface area contributed by atoms with Crippen molar-refractivity contribution in [3.63, 3.8) is 0 Å². The lowest BCUT2D eigenvalue weighted by atomic mass is 9.87. The van der Waals surface area contributed by atoms with Gasteiger partial charge in [0.15, 0.2) is 0 Å². The molecule has 1 aliphatic heterocycles. The van der Waals surface area contributed by atoms with Gasteiger partial charge in [0.1, 0.15) is 6.61 Å². The minimum absolute atomic E-state index is 0.0728. The summed E-state index contributed by atoms with van der Waals surface area (Å²) in [5, 5.41) is 0. The molecule has 1 saturated heterocycles. The molecule has 4 heteroatoms. The largest absolute Gasteiger partial charge is 0.457 e. The van der Waals surface area contributed by atoms with E-state index < -0.39 is 11.9 Å². The van der Waals surface area contributed by atoms with Crippen LogP contribution in [0, 0.1) is 0 Å². The van der Waals surface area contributed by atoms with Crippen LogP contribution in [0.2, 0.25) is 0 Å². The summed E-state index contributed by atoms with van der Waals surface area (Å²) < 4.78 is 4.69. The van der Waals surface area contributed by atoms with Gasteiger partial charge in [-0.15, -0.1) is 0 Å². The van der Waals surface area contributed by atoms with Gasteiger partial charge in [0.2, 0.25) is 0 Å². The van der Waals surface area contributed by atoms with E-state index in [4.69, 9.17) is 0 Å². The van der Waals surface area contributed by atoms with E-state index in [1.165, 1.54) is 10.5 Å². The molecule has 1 aromatic carbocycles. The number of cyclic esters (lactones) is 1. The molecule has 1 aliphatic rings. The fraction of sp³-hybridized carbons (Fsp3) is 0.429. The van der Waals surface area contributed by atoms with Crippen molar-refractivity contribution in [2.75, 3.05) is 18.1 Å². The monoisotopic (exact) mass is 247 g/mol. The van der Waals surface area contributed by atoms with Gasteiger partial charge >= 0.3 is 11.9 Å². The minimum atomic E-state index is -0.777. The quantitative estimate of drug-likeness (QED) is 0.562. The molecule has 1 amide bonds. The standard InChI is InChI=1S/C14H17NO3/c1-14(2,3)10-4-6-11(7-5-10)15-8-9-18-13(17)12(15)16/h4-7H,8-9H2,1-3H3. The van der Waals surface area contributed by atoms with E-state index in [-0.39, 0.29) is 12.0 Å². The Balaban J connectivity index is 2.24. The van der Waals surface area contributed by atoms with Gasteiger partial charge in [-0.1, -0.05) is 32.9 Å². The maximum absolute atomic E-state index is 11.7. The van der Waals surface area contributed by atoms with Crippen molar-refractivity contribution in [1.82, 2.24) is 0 Å². The average molecular weight is 247 g/mol. The first-order valence-corrected chi connectivity index (χ1v) is 5.99. The molecule has 1 fully saturated rings. The first-order valence-electron chi connectivity index (χ1n) is 5.99. The van der Waals surface area contributed by atoms with Crippen LogP contribution in [0.1, 0.15) is 26.3 Å². The van der Waals surface area contributed by atoms with Crippen molar-refractivity contribution < 1.29 is 14.3 Å². The second kappa shape index (κ2) is 4.44. The highest BCUT2D eigenvalue weighted by molar-refractivity contribution is 6.38. The van der Waals surface area contributed by atoms with Crippen molar-refractivity contribution in [2.24, 2.45) is 0 Å². The van der Waals surface area contributed by atoms with E-state index in [0.29, 0.717) is 6.54 Å². The lowest BCUT2D eigenvalue weighted by molar-refractivity contribution is -0.156. The third-order valence-corrected chi connectivity index (χ3v) is 3.01. The highest BCUT2D eigenvalue weighted by Crippen LogP contribution is 2.25. The Hall–Kier alpha value is -1.84. The molecule has 96 valence electrons. The van der Waals surface area contributed by atoms with Gasteiger partial charge in [0, 0.05) is 5.69 Å². The molecule has 0 spiro atoms. The van der Waals surface area contributed by atoms with Crippen LogP contribution in [-0.2, 0) is 19.7 Å². The highest BCUT2D eigenvalue weighted by Gasteiger charge is 2.29. The predicted octanol–water partition coefficient (Wildman–Crippen LogP) is 1.87. The number of esters is 1. The lowest BCUT2D eigenvalue weighted by Crippen LogP contribution is -2.45. The fourth-order valence-corrected chi connectivity index (χ4v) is 1.89. The van der Waals surface area contributed by atoms with Crippen LogP contribution in [0.15, 0.2) is 24.3 Å². The van der Waals surface area contributed by atoms with Gasteiger partial charge < -0.3 is 4.74 Å². The number of carbonyl (C=O) groups is 2. The fourth-order valence-electron chi connectivity index (χ4n) is 1.89. The van der Waals surface area contributed by atoms with E-state index in [1.54, 1.807) is 0 Å². The van der Waals surface area contributed by atoms with Crippen LogP contribution in [0.4, 0.5) is 5.69 Å². The molecule has 0 radical (unpaired) electrons. The number of carbonyl (C=O) groups excluding carboxylic acids is 2. The molecule has 0 atom stereocenters. The van der Waals surface area contributed by atoms with Crippen LogP contribution < -0.4 is 4.90 Å². The molecular weight excluding hydrogens is 230 g/mol. The third-order valence-electron chi connectivity index (χ3n) is 3.01. The van der Waals surface area contributed by atoms with Gasteiger partial charge in [0.05, 0.1) is 6.54 Å². The summed E-state index contributed by atoms with van der Waals surface area (Å²) >= 11 is 0. The Kier molecular flexibility index (Phi) is 3.11. The van der Waals surface area contributed by atoms with E-state index in [1.807, 2.05) is 24.3 Å². The topological polar surface area (TPSA) is 46.6 Å². The van der Waals surface area contributed by atoms with Crippen LogP contribution in [0.3, 0.4) is 0 Å². The summed E-state index contributed by atoms with van der Waals surface area (Å²) in [6.07, 6.45) is 0. The second-order valence-corrected chi connectivity index (χ2v) is 5.39. The molecule has 1 heterocycles. The van der Waals surface area contributed by atoms with Crippen molar-refractivity contribution in [3.8, 4) is 0 Å². The Bertz CT molecular complexity index is 471. The molecule has 0 N–H and O–H groups in total. The van der Waals surface area contributed by atoms with Crippen LogP contribution in [-0.4, -0.2) is 25.0 Å². The second-order valence-electron chi connectivity index (χ2n) is 5.39. The number of benzene rings is 1. The minimum Gasteiger partial charge on any atom is -0.457 e. The van der Waals surface area contributed by atoms with Crippen molar-refractivity contribution in [2.45, 2.75) is 26.2 Å². The number of anilines is 1. The Morgan fingerprint density at radius 1 is 1.11 bits per heavy atom. The number of ether oxygens (including phenoxy) is 1. The van der Waals surface area contributed by atoms with Crippen LogP contribution in [0.5, 0.6) is 0 Å².